The molecule has 3 fully saturated rings. The molecule has 0 amide bonds. The van der Waals surface area contributed by atoms with E-state index in [9.17, 15) is 9.18 Å². The Balaban J connectivity index is 1.55. The van der Waals surface area contributed by atoms with Crippen molar-refractivity contribution in [1.82, 2.24) is 9.80 Å². The van der Waals surface area contributed by atoms with Gasteiger partial charge in [-0.05, 0) is 81.1 Å². The molecule has 5 heteroatoms. The second-order valence-corrected chi connectivity index (χ2v) is 8.65. The third-order valence-corrected chi connectivity index (χ3v) is 6.94. The molecule has 4 atom stereocenters. The third kappa shape index (κ3) is 4.19. The van der Waals surface area contributed by atoms with Gasteiger partial charge in [-0.15, -0.1) is 0 Å². The smallest absolute Gasteiger partial charge is 0.303 e. The molecule has 3 aliphatic heterocycles. The summed E-state index contributed by atoms with van der Waals surface area (Å²) in [5.74, 6) is 0.447. The van der Waals surface area contributed by atoms with Crippen LogP contribution in [0, 0.1) is 17.7 Å². The number of aliphatic carboxylic acids is 1. The van der Waals surface area contributed by atoms with Crippen molar-refractivity contribution in [3.05, 3.63) is 35.6 Å². The topological polar surface area (TPSA) is 43.8 Å². The largest absolute Gasteiger partial charge is 0.481 e. The highest BCUT2D eigenvalue weighted by Gasteiger charge is 2.48. The zero-order valence-corrected chi connectivity index (χ0v) is 16.0. The maximum absolute atomic E-state index is 13.7. The number of carbonyl (C=O) groups is 1. The van der Waals surface area contributed by atoms with E-state index in [1.54, 1.807) is 12.1 Å². The van der Waals surface area contributed by atoms with Gasteiger partial charge in [-0.1, -0.05) is 12.1 Å². The molecule has 3 saturated heterocycles. The van der Waals surface area contributed by atoms with E-state index < -0.39 is 5.97 Å². The fourth-order valence-electron chi connectivity index (χ4n) is 5.99. The Morgan fingerprint density at radius 2 is 2.04 bits per heavy atom. The lowest BCUT2D eigenvalue weighted by molar-refractivity contribution is -0.137. The minimum absolute atomic E-state index is 0.175. The first kappa shape index (κ1) is 18.9. The summed E-state index contributed by atoms with van der Waals surface area (Å²) in [4.78, 5) is 16.3. The number of benzene rings is 1. The molecule has 1 aromatic rings. The van der Waals surface area contributed by atoms with Crippen LogP contribution in [0.2, 0.25) is 0 Å². The van der Waals surface area contributed by atoms with Crippen molar-refractivity contribution in [2.75, 3.05) is 19.6 Å². The fourth-order valence-corrected chi connectivity index (χ4v) is 5.99. The van der Waals surface area contributed by atoms with E-state index in [0.717, 1.165) is 31.5 Å². The number of hydrogen-bond donors (Lipinski definition) is 1. The van der Waals surface area contributed by atoms with Gasteiger partial charge in [0, 0.05) is 31.6 Å². The fraction of sp³-hybridized carbons (Fsp3) is 0.682. The van der Waals surface area contributed by atoms with Crippen molar-refractivity contribution in [2.45, 2.75) is 63.6 Å². The van der Waals surface area contributed by atoms with E-state index in [2.05, 4.69) is 9.80 Å². The van der Waals surface area contributed by atoms with Gasteiger partial charge < -0.3 is 5.11 Å². The normalized spacial score (nSPS) is 31.4. The minimum Gasteiger partial charge on any atom is -0.481 e. The van der Waals surface area contributed by atoms with Gasteiger partial charge in [0.25, 0.3) is 0 Å². The summed E-state index contributed by atoms with van der Waals surface area (Å²) in [6.45, 7) is 4.29. The van der Waals surface area contributed by atoms with Crippen LogP contribution >= 0.6 is 0 Å². The van der Waals surface area contributed by atoms with Gasteiger partial charge in [-0.3, -0.25) is 14.6 Å². The van der Waals surface area contributed by atoms with Crippen molar-refractivity contribution in [2.24, 2.45) is 11.8 Å². The van der Waals surface area contributed by atoms with Crippen LogP contribution in [0.25, 0.3) is 0 Å². The molecule has 0 saturated carbocycles. The van der Waals surface area contributed by atoms with Crippen LogP contribution in [0.15, 0.2) is 24.3 Å². The molecule has 0 aliphatic carbocycles. The number of halogens is 1. The van der Waals surface area contributed by atoms with Crippen molar-refractivity contribution in [1.29, 1.82) is 0 Å². The molecule has 1 aromatic carbocycles. The Morgan fingerprint density at radius 1 is 1.22 bits per heavy atom. The summed E-state index contributed by atoms with van der Waals surface area (Å²) in [5, 5.41) is 9.07. The van der Waals surface area contributed by atoms with Gasteiger partial charge in [0.2, 0.25) is 0 Å². The van der Waals surface area contributed by atoms with Gasteiger partial charge in [-0.25, -0.2) is 4.39 Å². The molecule has 1 N–H and O–H groups in total. The van der Waals surface area contributed by atoms with Gasteiger partial charge >= 0.3 is 5.97 Å². The van der Waals surface area contributed by atoms with E-state index in [4.69, 9.17) is 5.11 Å². The molecule has 3 aliphatic rings. The molecule has 27 heavy (non-hydrogen) atoms. The molecule has 0 bridgehead atoms. The summed E-state index contributed by atoms with van der Waals surface area (Å²) >= 11 is 0. The predicted octanol–water partition coefficient (Wildman–Crippen LogP) is 3.76. The third-order valence-electron chi connectivity index (χ3n) is 6.94. The summed E-state index contributed by atoms with van der Waals surface area (Å²) in [7, 11) is 0. The average Bonchev–Trinajstić information content (AvgIpc) is 2.64. The Hall–Kier alpha value is -1.46. The second-order valence-electron chi connectivity index (χ2n) is 8.65. The standard InChI is InChI=1S/C22H31FN2O2/c23-18-7-1-5-16(13-18)14-25-15-17-6-3-11-24-12-4-8-19(22(17)24)20(25)9-2-10-21(26)27/h1,5,7,13,17,19-20,22H,2-4,6,8-12,14-15H2,(H,26,27)/t17-,19+,20+,22-/m0/s1. The van der Waals surface area contributed by atoms with Crippen LogP contribution in [0.4, 0.5) is 4.39 Å². The Labute approximate surface area is 161 Å². The zero-order valence-electron chi connectivity index (χ0n) is 16.0. The Morgan fingerprint density at radius 3 is 2.81 bits per heavy atom. The molecule has 0 unspecified atom stereocenters. The number of likely N-dealkylation sites (tertiary alicyclic amines) is 1. The van der Waals surface area contributed by atoms with Crippen LogP contribution in [0.1, 0.15) is 50.5 Å². The highest BCUT2D eigenvalue weighted by Crippen LogP contribution is 2.43. The quantitative estimate of drug-likeness (QED) is 0.823. The SMILES string of the molecule is O=C(O)CCC[C@@H]1[C@H]2CCCN3CCC[C@@H](CN1Cc1cccc(F)c1)[C@@H]23. The maximum Gasteiger partial charge on any atom is 0.303 e. The van der Waals surface area contributed by atoms with Crippen molar-refractivity contribution in [3.8, 4) is 0 Å². The molecule has 148 valence electrons. The first-order chi connectivity index (χ1) is 13.1. The first-order valence-corrected chi connectivity index (χ1v) is 10.6. The van der Waals surface area contributed by atoms with E-state index in [1.165, 1.54) is 44.8 Å². The Bertz CT molecular complexity index is 665. The highest BCUT2D eigenvalue weighted by molar-refractivity contribution is 5.66. The number of nitrogens with zero attached hydrogens (tertiary/aromatic N) is 2. The van der Waals surface area contributed by atoms with Crippen LogP contribution in [0.3, 0.4) is 0 Å². The van der Waals surface area contributed by atoms with Crippen molar-refractivity contribution < 1.29 is 14.3 Å². The van der Waals surface area contributed by atoms with Gasteiger partial charge in [0.05, 0.1) is 0 Å². The van der Waals surface area contributed by atoms with Gasteiger partial charge in [0.15, 0.2) is 0 Å². The minimum atomic E-state index is -0.705. The second kappa shape index (κ2) is 8.27. The lowest BCUT2D eigenvalue weighted by atomic mass is 9.69. The summed E-state index contributed by atoms with van der Waals surface area (Å²) < 4.78 is 13.7. The number of piperidine rings is 3. The molecular formula is C22H31FN2O2. The average molecular weight is 375 g/mol. The molecule has 4 nitrogen and oxygen atoms in total. The van der Waals surface area contributed by atoms with E-state index in [1.807, 2.05) is 6.07 Å². The molecule has 0 radical (unpaired) electrons. The number of hydrogen-bond acceptors (Lipinski definition) is 3. The van der Waals surface area contributed by atoms with Crippen molar-refractivity contribution >= 4 is 5.97 Å². The predicted molar refractivity (Wildman–Crippen MR) is 103 cm³/mol. The van der Waals surface area contributed by atoms with Gasteiger partial charge in [0.1, 0.15) is 5.82 Å². The van der Waals surface area contributed by atoms with Crippen LogP contribution in [0.5, 0.6) is 0 Å². The number of rotatable bonds is 6. The first-order valence-electron chi connectivity index (χ1n) is 10.6. The molecule has 0 spiro atoms. The Kier molecular flexibility index (Phi) is 5.79. The zero-order chi connectivity index (χ0) is 18.8. The monoisotopic (exact) mass is 374 g/mol. The molecule has 4 rings (SSSR count). The molecule has 3 heterocycles. The van der Waals surface area contributed by atoms with Crippen LogP contribution in [-0.4, -0.2) is 52.6 Å². The summed E-state index contributed by atoms with van der Waals surface area (Å²) in [6, 6.07) is 8.03. The summed E-state index contributed by atoms with van der Waals surface area (Å²) in [5.41, 5.74) is 1.03. The maximum atomic E-state index is 13.7. The number of carboxylic acids is 1. The van der Waals surface area contributed by atoms with Gasteiger partial charge in [-0.2, -0.15) is 0 Å². The lowest BCUT2D eigenvalue weighted by Gasteiger charge is -2.57. The number of carboxylic acid groups (broad SMARTS) is 1. The molecule has 0 aromatic heterocycles. The van der Waals surface area contributed by atoms with Crippen LogP contribution < -0.4 is 0 Å². The lowest BCUT2D eigenvalue weighted by Crippen LogP contribution is -2.64. The van der Waals surface area contributed by atoms with E-state index in [-0.39, 0.29) is 12.2 Å². The van der Waals surface area contributed by atoms with Crippen LogP contribution in [-0.2, 0) is 11.3 Å². The molecular weight excluding hydrogens is 343 g/mol. The van der Waals surface area contributed by atoms with E-state index >= 15 is 0 Å². The van der Waals surface area contributed by atoms with Crippen molar-refractivity contribution in [3.63, 3.8) is 0 Å². The highest BCUT2D eigenvalue weighted by atomic mass is 19.1. The summed E-state index contributed by atoms with van der Waals surface area (Å²) in [6.07, 6.45) is 6.97. The van der Waals surface area contributed by atoms with E-state index in [0.29, 0.717) is 23.9 Å².